The number of benzene rings is 1. The second-order valence-corrected chi connectivity index (χ2v) is 6.61. The SMILES string of the molecule is CCOC(=O)N1CCC(Nc2cc(Nc3cccc(C#N)c3)nc(C)n2)CC1. The van der Waals surface area contributed by atoms with Crippen molar-refractivity contribution in [1.29, 1.82) is 5.26 Å². The number of amides is 1. The fourth-order valence-corrected chi connectivity index (χ4v) is 3.15. The van der Waals surface area contributed by atoms with Gasteiger partial charge in [0.15, 0.2) is 0 Å². The van der Waals surface area contributed by atoms with Crippen molar-refractivity contribution in [1.82, 2.24) is 14.9 Å². The minimum absolute atomic E-state index is 0.231. The summed E-state index contributed by atoms with van der Waals surface area (Å²) in [4.78, 5) is 22.4. The molecule has 8 heteroatoms. The summed E-state index contributed by atoms with van der Waals surface area (Å²) < 4.78 is 5.06. The van der Waals surface area contributed by atoms with Crippen molar-refractivity contribution in [2.24, 2.45) is 0 Å². The van der Waals surface area contributed by atoms with Gasteiger partial charge >= 0.3 is 6.09 Å². The lowest BCUT2D eigenvalue weighted by molar-refractivity contribution is 0.0983. The van der Waals surface area contributed by atoms with Gasteiger partial charge in [-0.15, -0.1) is 0 Å². The average Bonchev–Trinajstić information content (AvgIpc) is 2.68. The number of aryl methyl sites for hydroxylation is 1. The molecule has 2 N–H and O–H groups in total. The maximum absolute atomic E-state index is 11.8. The molecule has 1 aromatic carbocycles. The third kappa shape index (κ3) is 5.10. The van der Waals surface area contributed by atoms with Crippen molar-refractivity contribution in [3.63, 3.8) is 0 Å². The molecule has 2 aromatic rings. The van der Waals surface area contributed by atoms with E-state index in [1.807, 2.05) is 32.0 Å². The van der Waals surface area contributed by atoms with Crippen molar-refractivity contribution in [2.45, 2.75) is 32.7 Å². The summed E-state index contributed by atoms with van der Waals surface area (Å²) in [6, 6.07) is 11.4. The Balaban J connectivity index is 1.62. The highest BCUT2D eigenvalue weighted by molar-refractivity contribution is 5.67. The molecule has 28 heavy (non-hydrogen) atoms. The third-order valence-corrected chi connectivity index (χ3v) is 4.48. The Kier molecular flexibility index (Phi) is 6.27. The fraction of sp³-hybridized carbons (Fsp3) is 0.400. The first kappa shape index (κ1) is 19.4. The van der Waals surface area contributed by atoms with Gasteiger partial charge in [-0.3, -0.25) is 0 Å². The standard InChI is InChI=1S/C20H24N6O2/c1-3-28-20(27)26-9-7-16(8-10-26)24-18-12-19(23-14(2)22-18)25-17-6-4-5-15(11-17)13-21/h4-6,11-12,16H,3,7-10H2,1-2H3,(H2,22,23,24,25). The lowest BCUT2D eigenvalue weighted by atomic mass is 10.1. The molecule has 0 aliphatic carbocycles. The Morgan fingerprint density at radius 3 is 2.75 bits per heavy atom. The van der Waals surface area contributed by atoms with Crippen LogP contribution in [0, 0.1) is 18.3 Å². The lowest BCUT2D eigenvalue weighted by Crippen LogP contribution is -2.42. The number of piperidine rings is 1. The van der Waals surface area contributed by atoms with Gasteiger partial charge in [-0.1, -0.05) is 6.07 Å². The molecule has 1 amide bonds. The molecule has 1 fully saturated rings. The topological polar surface area (TPSA) is 103 Å². The molecule has 146 valence electrons. The van der Waals surface area contributed by atoms with Gasteiger partial charge in [0, 0.05) is 30.9 Å². The zero-order chi connectivity index (χ0) is 19.9. The van der Waals surface area contributed by atoms with E-state index in [4.69, 9.17) is 10.00 Å². The number of aromatic nitrogens is 2. The van der Waals surface area contributed by atoms with Crippen LogP contribution < -0.4 is 10.6 Å². The highest BCUT2D eigenvalue weighted by Gasteiger charge is 2.23. The molecule has 8 nitrogen and oxygen atoms in total. The van der Waals surface area contributed by atoms with E-state index in [1.54, 1.807) is 17.0 Å². The van der Waals surface area contributed by atoms with E-state index in [0.717, 1.165) is 24.3 Å². The molecular formula is C20H24N6O2. The number of hydrogen-bond donors (Lipinski definition) is 2. The van der Waals surface area contributed by atoms with Gasteiger partial charge in [-0.2, -0.15) is 5.26 Å². The van der Waals surface area contributed by atoms with Gasteiger partial charge < -0.3 is 20.3 Å². The predicted octanol–water partition coefficient (Wildman–Crippen LogP) is 3.43. The van der Waals surface area contributed by atoms with Crippen LogP contribution in [0.15, 0.2) is 30.3 Å². The Labute approximate surface area is 164 Å². The quantitative estimate of drug-likeness (QED) is 0.819. The van der Waals surface area contributed by atoms with Crippen molar-refractivity contribution >= 4 is 23.4 Å². The monoisotopic (exact) mass is 380 g/mol. The van der Waals surface area contributed by atoms with Crippen LogP contribution in [0.25, 0.3) is 0 Å². The molecule has 0 unspecified atom stereocenters. The number of carbonyl (C=O) groups excluding carboxylic acids is 1. The van der Waals surface area contributed by atoms with Crippen molar-refractivity contribution < 1.29 is 9.53 Å². The zero-order valence-corrected chi connectivity index (χ0v) is 16.1. The first-order chi connectivity index (χ1) is 13.6. The van der Waals surface area contributed by atoms with E-state index < -0.39 is 0 Å². The van der Waals surface area contributed by atoms with Crippen molar-refractivity contribution in [2.75, 3.05) is 30.3 Å². The highest BCUT2D eigenvalue weighted by atomic mass is 16.6. The first-order valence-corrected chi connectivity index (χ1v) is 9.38. The maximum Gasteiger partial charge on any atom is 0.409 e. The second-order valence-electron chi connectivity index (χ2n) is 6.61. The molecule has 0 atom stereocenters. The molecule has 0 saturated carbocycles. The van der Waals surface area contributed by atoms with E-state index in [9.17, 15) is 4.79 Å². The number of ether oxygens (including phenoxy) is 1. The van der Waals surface area contributed by atoms with Crippen LogP contribution in [-0.4, -0.2) is 46.7 Å². The van der Waals surface area contributed by atoms with Crippen LogP contribution in [0.3, 0.4) is 0 Å². The van der Waals surface area contributed by atoms with Gasteiger partial charge in [0.25, 0.3) is 0 Å². The maximum atomic E-state index is 11.8. The number of nitrogens with zero attached hydrogens (tertiary/aromatic N) is 4. The van der Waals surface area contributed by atoms with Crippen LogP contribution in [0.2, 0.25) is 0 Å². The molecule has 3 rings (SSSR count). The van der Waals surface area contributed by atoms with E-state index in [2.05, 4.69) is 26.7 Å². The van der Waals surface area contributed by atoms with Gasteiger partial charge in [0.05, 0.1) is 18.2 Å². The number of nitriles is 1. The number of hydrogen-bond acceptors (Lipinski definition) is 7. The third-order valence-electron chi connectivity index (χ3n) is 4.48. The molecule has 1 aliphatic heterocycles. The molecule has 0 bridgehead atoms. The number of rotatable bonds is 5. The summed E-state index contributed by atoms with van der Waals surface area (Å²) >= 11 is 0. The average molecular weight is 380 g/mol. The Hall–Kier alpha value is -3.34. The second kappa shape index (κ2) is 9.04. The van der Waals surface area contributed by atoms with Gasteiger partial charge in [0.1, 0.15) is 17.5 Å². The van der Waals surface area contributed by atoms with Crippen molar-refractivity contribution in [3.8, 4) is 6.07 Å². The predicted molar refractivity (Wildman–Crippen MR) is 106 cm³/mol. The molecule has 1 aromatic heterocycles. The number of anilines is 3. The van der Waals surface area contributed by atoms with Gasteiger partial charge in [-0.05, 0) is 44.9 Å². The molecule has 2 heterocycles. The van der Waals surface area contributed by atoms with E-state index >= 15 is 0 Å². The summed E-state index contributed by atoms with van der Waals surface area (Å²) in [5, 5.41) is 15.7. The van der Waals surface area contributed by atoms with Gasteiger partial charge in [0.2, 0.25) is 0 Å². The molecule has 0 radical (unpaired) electrons. The Bertz CT molecular complexity index is 871. The van der Waals surface area contributed by atoms with Crippen LogP contribution >= 0.6 is 0 Å². The minimum Gasteiger partial charge on any atom is -0.450 e. The summed E-state index contributed by atoms with van der Waals surface area (Å²) in [6.07, 6.45) is 1.41. The molecule has 0 spiro atoms. The molecule has 1 aliphatic rings. The fourth-order valence-electron chi connectivity index (χ4n) is 3.15. The zero-order valence-electron chi connectivity index (χ0n) is 16.1. The lowest BCUT2D eigenvalue weighted by Gasteiger charge is -2.31. The number of likely N-dealkylation sites (tertiary alicyclic amines) is 1. The molecule has 1 saturated heterocycles. The van der Waals surface area contributed by atoms with E-state index in [1.165, 1.54) is 0 Å². The summed E-state index contributed by atoms with van der Waals surface area (Å²) in [7, 11) is 0. The van der Waals surface area contributed by atoms with Crippen LogP contribution in [0.1, 0.15) is 31.2 Å². The normalized spacial score (nSPS) is 14.2. The van der Waals surface area contributed by atoms with Gasteiger partial charge in [-0.25, -0.2) is 14.8 Å². The smallest absolute Gasteiger partial charge is 0.409 e. The molecular weight excluding hydrogens is 356 g/mol. The summed E-state index contributed by atoms with van der Waals surface area (Å²) in [6.45, 7) is 5.36. The van der Waals surface area contributed by atoms with E-state index in [-0.39, 0.29) is 12.1 Å². The van der Waals surface area contributed by atoms with Crippen LogP contribution in [-0.2, 0) is 4.74 Å². The van der Waals surface area contributed by atoms with E-state index in [0.29, 0.717) is 36.9 Å². The van der Waals surface area contributed by atoms with Crippen molar-refractivity contribution in [3.05, 3.63) is 41.7 Å². The highest BCUT2D eigenvalue weighted by Crippen LogP contribution is 2.21. The largest absolute Gasteiger partial charge is 0.450 e. The Morgan fingerprint density at radius 2 is 2.04 bits per heavy atom. The first-order valence-electron chi connectivity index (χ1n) is 9.38. The number of carbonyl (C=O) groups is 1. The van der Waals surface area contributed by atoms with Crippen LogP contribution in [0.4, 0.5) is 22.1 Å². The summed E-state index contributed by atoms with van der Waals surface area (Å²) in [5.74, 6) is 2.04. The van der Waals surface area contributed by atoms with Crippen LogP contribution in [0.5, 0.6) is 0 Å². The summed E-state index contributed by atoms with van der Waals surface area (Å²) in [5.41, 5.74) is 1.38. The number of nitrogens with one attached hydrogen (secondary N) is 2. The minimum atomic E-state index is -0.245. The Morgan fingerprint density at radius 1 is 1.29 bits per heavy atom.